The van der Waals surface area contributed by atoms with Crippen LogP contribution in [0.2, 0.25) is 0 Å². The van der Waals surface area contributed by atoms with Crippen molar-refractivity contribution in [2.45, 2.75) is 20.0 Å². The molecule has 2 aliphatic rings. The van der Waals surface area contributed by atoms with Crippen LogP contribution in [0, 0.1) is 17.8 Å². The first kappa shape index (κ1) is 10.5. The van der Waals surface area contributed by atoms with Crippen molar-refractivity contribution in [3.63, 3.8) is 0 Å². The summed E-state index contributed by atoms with van der Waals surface area (Å²) in [5, 5.41) is 4.00. The quantitative estimate of drug-likeness (QED) is 0.731. The third-order valence-corrected chi connectivity index (χ3v) is 4.13. The maximum Gasteiger partial charge on any atom is 0.211 e. The topological polar surface area (TPSA) is 38.7 Å². The Morgan fingerprint density at radius 1 is 1.18 bits per heavy atom. The Morgan fingerprint density at radius 3 is 2.59 bits per heavy atom. The van der Waals surface area contributed by atoms with Gasteiger partial charge in [0.2, 0.25) is 5.78 Å². The molecule has 1 heterocycles. The highest BCUT2D eigenvalue weighted by Gasteiger charge is 2.55. The van der Waals surface area contributed by atoms with Crippen LogP contribution in [0.1, 0.15) is 24.2 Å². The molecule has 1 aliphatic carbocycles. The van der Waals surface area contributed by atoms with Gasteiger partial charge in [0.05, 0.1) is 5.92 Å². The number of rotatable bonds is 2. The molecule has 1 saturated carbocycles. The summed E-state index contributed by atoms with van der Waals surface area (Å²) in [4.78, 5) is 17.6. The van der Waals surface area contributed by atoms with E-state index < -0.39 is 0 Å². The number of carbonyl (C=O) groups is 1. The van der Waals surface area contributed by atoms with Gasteiger partial charge in [-0.2, -0.15) is 0 Å². The predicted molar refractivity (Wildman–Crippen MR) is 64.9 cm³/mol. The van der Waals surface area contributed by atoms with Crippen LogP contribution in [0.4, 0.5) is 0 Å². The highest BCUT2D eigenvalue weighted by Crippen LogP contribution is 2.46. The maximum absolute atomic E-state index is 12.3. The van der Waals surface area contributed by atoms with Crippen LogP contribution in [0.5, 0.6) is 0 Å². The second-order valence-corrected chi connectivity index (χ2v) is 4.99. The van der Waals surface area contributed by atoms with Gasteiger partial charge in [0.15, 0.2) is 0 Å². The largest absolute Gasteiger partial charge is 0.391 e. The van der Waals surface area contributed by atoms with Gasteiger partial charge >= 0.3 is 0 Å². The molecular weight excluding hydrogens is 214 g/mol. The number of hydrogen-bond acceptors (Lipinski definition) is 3. The van der Waals surface area contributed by atoms with Crippen molar-refractivity contribution in [1.29, 1.82) is 0 Å². The Kier molecular flexibility index (Phi) is 2.28. The van der Waals surface area contributed by atoms with Crippen molar-refractivity contribution in [1.82, 2.24) is 0 Å². The molecule has 1 fully saturated rings. The molecule has 0 spiro atoms. The molecule has 0 bridgehead atoms. The van der Waals surface area contributed by atoms with Crippen molar-refractivity contribution < 1.29 is 9.63 Å². The SMILES string of the molecule is C[C@@H]1[C@H](C)[C@@H]2C(C(=O)c3ccccc3)=NO[C@H]12. The third kappa shape index (κ3) is 1.42. The van der Waals surface area contributed by atoms with E-state index >= 15 is 0 Å². The van der Waals surface area contributed by atoms with E-state index in [0.717, 1.165) is 0 Å². The zero-order valence-electron chi connectivity index (χ0n) is 9.96. The number of nitrogens with zero attached hydrogens (tertiary/aromatic N) is 1. The second-order valence-electron chi connectivity index (χ2n) is 4.99. The van der Waals surface area contributed by atoms with Crippen LogP contribution in [-0.4, -0.2) is 17.6 Å². The summed E-state index contributed by atoms with van der Waals surface area (Å²) >= 11 is 0. The zero-order chi connectivity index (χ0) is 12.0. The van der Waals surface area contributed by atoms with Crippen molar-refractivity contribution in [3.8, 4) is 0 Å². The molecule has 1 aromatic rings. The van der Waals surface area contributed by atoms with E-state index in [1.807, 2.05) is 30.3 Å². The number of fused-ring (bicyclic) bond motifs is 1. The summed E-state index contributed by atoms with van der Waals surface area (Å²) in [6, 6.07) is 9.29. The van der Waals surface area contributed by atoms with E-state index in [1.54, 1.807) is 0 Å². The van der Waals surface area contributed by atoms with Gasteiger partial charge in [0.1, 0.15) is 11.8 Å². The first-order valence-electron chi connectivity index (χ1n) is 6.03. The van der Waals surface area contributed by atoms with E-state index in [1.165, 1.54) is 0 Å². The lowest BCUT2D eigenvalue weighted by atomic mass is 9.62. The Labute approximate surface area is 100 Å². The number of hydrogen-bond donors (Lipinski definition) is 0. The van der Waals surface area contributed by atoms with Gasteiger partial charge in [-0.05, 0) is 11.8 Å². The van der Waals surface area contributed by atoms with Gasteiger partial charge < -0.3 is 4.84 Å². The summed E-state index contributed by atoms with van der Waals surface area (Å²) < 4.78 is 0. The molecule has 88 valence electrons. The van der Waals surface area contributed by atoms with Crippen molar-refractivity contribution in [3.05, 3.63) is 35.9 Å². The van der Waals surface area contributed by atoms with Crippen LogP contribution in [0.3, 0.4) is 0 Å². The lowest BCUT2D eigenvalue weighted by Gasteiger charge is -2.42. The van der Waals surface area contributed by atoms with Gasteiger partial charge in [0, 0.05) is 5.56 Å². The standard InChI is InChI=1S/C14H15NO2/c1-8-9(2)14-11(8)12(15-17-14)13(16)10-6-4-3-5-7-10/h3-9,11,14H,1-2H3/t8-,9+,11+,14+/m0/s1. The highest BCUT2D eigenvalue weighted by atomic mass is 16.6. The molecule has 1 aliphatic heterocycles. The molecule has 0 unspecified atom stereocenters. The fourth-order valence-electron chi connectivity index (χ4n) is 2.78. The molecule has 0 radical (unpaired) electrons. The van der Waals surface area contributed by atoms with Crippen molar-refractivity contribution in [2.75, 3.05) is 0 Å². The smallest absolute Gasteiger partial charge is 0.211 e. The average molecular weight is 229 g/mol. The molecule has 3 heteroatoms. The Bertz CT molecular complexity index is 480. The Morgan fingerprint density at radius 2 is 1.88 bits per heavy atom. The minimum Gasteiger partial charge on any atom is -0.391 e. The summed E-state index contributed by atoms with van der Waals surface area (Å²) in [5.74, 6) is 1.17. The van der Waals surface area contributed by atoms with Crippen LogP contribution in [0.25, 0.3) is 0 Å². The average Bonchev–Trinajstić information content (AvgIpc) is 2.79. The zero-order valence-corrected chi connectivity index (χ0v) is 9.96. The first-order chi connectivity index (χ1) is 8.20. The van der Waals surface area contributed by atoms with E-state index in [2.05, 4.69) is 19.0 Å². The third-order valence-electron chi connectivity index (χ3n) is 4.13. The molecule has 0 aromatic heterocycles. The summed E-state index contributed by atoms with van der Waals surface area (Å²) in [5.41, 5.74) is 1.30. The van der Waals surface area contributed by atoms with Gasteiger partial charge in [-0.25, -0.2) is 0 Å². The normalized spacial score (nSPS) is 34.4. The molecule has 0 amide bonds. The fraction of sp³-hybridized carbons (Fsp3) is 0.429. The number of carbonyl (C=O) groups excluding carboxylic acids is 1. The minimum absolute atomic E-state index is 0.0110. The van der Waals surface area contributed by atoms with Gasteiger partial charge in [0.25, 0.3) is 0 Å². The van der Waals surface area contributed by atoms with Gasteiger partial charge in [-0.3, -0.25) is 4.79 Å². The summed E-state index contributed by atoms with van der Waals surface area (Å²) in [7, 11) is 0. The molecule has 3 rings (SSSR count). The lowest BCUT2D eigenvalue weighted by molar-refractivity contribution is -0.0758. The molecule has 4 atom stereocenters. The number of oxime groups is 1. The molecule has 0 saturated heterocycles. The first-order valence-corrected chi connectivity index (χ1v) is 6.03. The summed E-state index contributed by atoms with van der Waals surface area (Å²) in [6.45, 7) is 4.31. The molecule has 3 nitrogen and oxygen atoms in total. The van der Waals surface area contributed by atoms with E-state index in [9.17, 15) is 4.79 Å². The van der Waals surface area contributed by atoms with Gasteiger partial charge in [-0.1, -0.05) is 49.3 Å². The molecule has 17 heavy (non-hydrogen) atoms. The summed E-state index contributed by atoms with van der Waals surface area (Å²) in [6.07, 6.45) is 0.118. The molecule has 1 aromatic carbocycles. The van der Waals surface area contributed by atoms with Gasteiger partial charge in [-0.15, -0.1) is 0 Å². The Balaban J connectivity index is 1.85. The lowest BCUT2D eigenvalue weighted by Crippen LogP contribution is -2.51. The number of ketones is 1. The van der Waals surface area contributed by atoms with E-state index in [0.29, 0.717) is 23.1 Å². The second kappa shape index (κ2) is 3.69. The minimum atomic E-state index is 0.0110. The van der Waals surface area contributed by atoms with Crippen LogP contribution < -0.4 is 0 Å². The van der Waals surface area contributed by atoms with Crippen LogP contribution in [0.15, 0.2) is 35.5 Å². The molecular formula is C14H15NO2. The number of benzene rings is 1. The molecule has 0 N–H and O–H groups in total. The number of Topliss-reactive ketones (excluding diaryl/α,β-unsaturated/α-hetero) is 1. The maximum atomic E-state index is 12.3. The van der Waals surface area contributed by atoms with Crippen LogP contribution >= 0.6 is 0 Å². The van der Waals surface area contributed by atoms with Crippen molar-refractivity contribution in [2.24, 2.45) is 22.9 Å². The van der Waals surface area contributed by atoms with Crippen LogP contribution in [-0.2, 0) is 4.84 Å². The predicted octanol–water partition coefficient (Wildman–Crippen LogP) is 2.53. The monoisotopic (exact) mass is 229 g/mol. The highest BCUT2D eigenvalue weighted by molar-refractivity contribution is 6.47. The van der Waals surface area contributed by atoms with E-state index in [-0.39, 0.29) is 17.8 Å². The van der Waals surface area contributed by atoms with E-state index in [4.69, 9.17) is 4.84 Å². The fourth-order valence-corrected chi connectivity index (χ4v) is 2.78. The Hall–Kier alpha value is -1.64. The van der Waals surface area contributed by atoms with Crippen molar-refractivity contribution >= 4 is 11.5 Å².